The monoisotopic (exact) mass is 436 g/mol. The highest BCUT2D eigenvalue weighted by Gasteiger charge is 2.46. The van der Waals surface area contributed by atoms with E-state index < -0.39 is 0 Å². The number of aromatic nitrogens is 2. The van der Waals surface area contributed by atoms with Crippen molar-refractivity contribution in [2.45, 2.75) is 71.5 Å². The zero-order valence-electron chi connectivity index (χ0n) is 19.6. The summed E-state index contributed by atoms with van der Waals surface area (Å²) in [7, 11) is 0. The highest BCUT2D eigenvalue weighted by Crippen LogP contribution is 2.56. The second-order valence-electron chi connectivity index (χ2n) is 10.7. The van der Waals surface area contributed by atoms with Gasteiger partial charge in [-0.05, 0) is 82.1 Å². The van der Waals surface area contributed by atoms with Gasteiger partial charge in [0.1, 0.15) is 0 Å². The van der Waals surface area contributed by atoms with E-state index in [2.05, 4.69) is 65.2 Å². The summed E-state index contributed by atoms with van der Waals surface area (Å²) >= 11 is 0. The maximum Gasteiger partial charge on any atom is 0.230 e. The van der Waals surface area contributed by atoms with Crippen LogP contribution < -0.4 is 15.0 Å². The van der Waals surface area contributed by atoms with Crippen LogP contribution in [0.1, 0.15) is 59.3 Å². The molecule has 1 saturated heterocycles. The molecule has 2 aromatic rings. The molecule has 4 fully saturated rings. The largest absolute Gasteiger partial charge is 0.477 e. The summed E-state index contributed by atoms with van der Waals surface area (Å²) in [6.45, 7) is 9.31. The number of nitrogens with zero attached hydrogens (tertiary/aromatic N) is 3. The standard InChI is InChI=1S/C26H36N4O2/c1-19-16-30(17-20(2)32-19)22-6-4-21(5-7-22)28-24-27-15-8-23(29-24)31-18-26-12-9-25(3,10-13-26)11-14-26/h4-8,15,19-20H,9-14,16-18H2,1-3H3,(H,27,28,29)/t19-,20+,25?,26?. The van der Waals surface area contributed by atoms with Crippen molar-refractivity contribution in [1.82, 2.24) is 9.97 Å². The molecule has 172 valence electrons. The maximum absolute atomic E-state index is 6.18. The van der Waals surface area contributed by atoms with Crippen molar-refractivity contribution in [3.8, 4) is 5.88 Å². The molecule has 0 spiro atoms. The zero-order chi connectivity index (χ0) is 22.2. The Hall–Kier alpha value is -2.34. The summed E-state index contributed by atoms with van der Waals surface area (Å²) in [5.41, 5.74) is 3.12. The molecule has 32 heavy (non-hydrogen) atoms. The molecule has 1 aromatic heterocycles. The van der Waals surface area contributed by atoms with Crippen molar-refractivity contribution in [3.63, 3.8) is 0 Å². The van der Waals surface area contributed by atoms with Crippen LogP contribution in [0.2, 0.25) is 0 Å². The van der Waals surface area contributed by atoms with Crippen LogP contribution in [0.25, 0.3) is 0 Å². The lowest BCUT2D eigenvalue weighted by atomic mass is 9.55. The molecule has 0 amide bonds. The first kappa shape index (κ1) is 21.5. The van der Waals surface area contributed by atoms with Gasteiger partial charge in [0, 0.05) is 42.1 Å². The predicted octanol–water partition coefficient (Wildman–Crippen LogP) is 5.57. The van der Waals surface area contributed by atoms with Gasteiger partial charge in [-0.15, -0.1) is 0 Å². The fourth-order valence-electron chi connectivity index (χ4n) is 5.65. The molecule has 0 radical (unpaired) electrons. The number of ether oxygens (including phenoxy) is 2. The fraction of sp³-hybridized carbons (Fsp3) is 0.615. The molecule has 2 atom stereocenters. The molecule has 1 N–H and O–H groups in total. The Morgan fingerprint density at radius 2 is 1.66 bits per heavy atom. The van der Waals surface area contributed by atoms with Crippen LogP contribution in [0.15, 0.2) is 36.5 Å². The normalized spacial score (nSPS) is 32.0. The fourth-order valence-corrected chi connectivity index (χ4v) is 5.65. The van der Waals surface area contributed by atoms with Gasteiger partial charge in [0.15, 0.2) is 0 Å². The first-order valence-corrected chi connectivity index (χ1v) is 12.1. The van der Waals surface area contributed by atoms with Crippen molar-refractivity contribution in [2.75, 3.05) is 29.9 Å². The third-order valence-corrected chi connectivity index (χ3v) is 7.84. The van der Waals surface area contributed by atoms with Gasteiger partial charge in [0.05, 0.1) is 18.8 Å². The Bertz CT molecular complexity index is 897. The Balaban J connectivity index is 1.19. The van der Waals surface area contributed by atoms with E-state index in [1.807, 2.05) is 6.07 Å². The van der Waals surface area contributed by atoms with Crippen molar-refractivity contribution in [2.24, 2.45) is 10.8 Å². The highest BCUT2D eigenvalue weighted by atomic mass is 16.5. The number of hydrogen-bond donors (Lipinski definition) is 1. The third-order valence-electron chi connectivity index (χ3n) is 7.84. The Morgan fingerprint density at radius 3 is 2.31 bits per heavy atom. The summed E-state index contributed by atoms with van der Waals surface area (Å²) in [6.07, 6.45) is 10.1. The minimum absolute atomic E-state index is 0.249. The van der Waals surface area contributed by atoms with Crippen molar-refractivity contribution < 1.29 is 9.47 Å². The average Bonchev–Trinajstić information content (AvgIpc) is 2.79. The average molecular weight is 437 g/mol. The van der Waals surface area contributed by atoms with E-state index in [1.54, 1.807) is 6.20 Å². The van der Waals surface area contributed by atoms with Crippen LogP contribution in [-0.4, -0.2) is 41.9 Å². The van der Waals surface area contributed by atoms with E-state index in [0.29, 0.717) is 22.7 Å². The van der Waals surface area contributed by atoms with E-state index in [0.717, 1.165) is 25.4 Å². The van der Waals surface area contributed by atoms with Crippen molar-refractivity contribution >= 4 is 17.3 Å². The molecule has 4 aliphatic rings. The number of anilines is 3. The molecule has 6 nitrogen and oxygen atoms in total. The molecule has 0 unspecified atom stereocenters. The van der Waals surface area contributed by atoms with Crippen molar-refractivity contribution in [3.05, 3.63) is 36.5 Å². The van der Waals surface area contributed by atoms with E-state index in [4.69, 9.17) is 9.47 Å². The molecule has 3 saturated carbocycles. The molecule has 6 heteroatoms. The lowest BCUT2D eigenvalue weighted by molar-refractivity contribution is -0.0273. The molecule has 1 aliphatic heterocycles. The van der Waals surface area contributed by atoms with Gasteiger partial charge in [-0.25, -0.2) is 4.98 Å². The summed E-state index contributed by atoms with van der Waals surface area (Å²) in [5.74, 6) is 1.23. The van der Waals surface area contributed by atoms with Gasteiger partial charge < -0.3 is 19.7 Å². The van der Waals surface area contributed by atoms with E-state index >= 15 is 0 Å². The lowest BCUT2D eigenvalue weighted by Crippen LogP contribution is -2.45. The number of morpholine rings is 1. The highest BCUT2D eigenvalue weighted by molar-refractivity contribution is 5.59. The van der Waals surface area contributed by atoms with E-state index in [1.165, 1.54) is 44.2 Å². The molecular weight excluding hydrogens is 400 g/mol. The SMILES string of the molecule is C[C@@H]1CN(c2ccc(Nc3nccc(OCC45CCC(C)(CC4)CC5)n3)cc2)C[C@H](C)O1. The number of fused-ring (bicyclic) bond motifs is 3. The van der Waals surface area contributed by atoms with Gasteiger partial charge in [0.25, 0.3) is 0 Å². The molecule has 6 rings (SSSR count). The van der Waals surface area contributed by atoms with Gasteiger partial charge in [-0.2, -0.15) is 4.98 Å². The summed E-state index contributed by atoms with van der Waals surface area (Å²) in [5, 5.41) is 3.32. The van der Waals surface area contributed by atoms with Crippen LogP contribution in [0.5, 0.6) is 5.88 Å². The van der Waals surface area contributed by atoms with Gasteiger partial charge >= 0.3 is 0 Å². The van der Waals surface area contributed by atoms with Gasteiger partial charge in [0.2, 0.25) is 11.8 Å². The number of hydrogen-bond acceptors (Lipinski definition) is 6. The van der Waals surface area contributed by atoms with Crippen LogP contribution >= 0.6 is 0 Å². The first-order valence-electron chi connectivity index (χ1n) is 12.1. The quantitative estimate of drug-likeness (QED) is 0.638. The molecule has 3 aliphatic carbocycles. The molecule has 2 heterocycles. The van der Waals surface area contributed by atoms with Crippen LogP contribution in [-0.2, 0) is 4.74 Å². The van der Waals surface area contributed by atoms with Gasteiger partial charge in [-0.1, -0.05) is 6.92 Å². The van der Waals surface area contributed by atoms with E-state index in [-0.39, 0.29) is 12.2 Å². The van der Waals surface area contributed by atoms with Crippen LogP contribution in [0, 0.1) is 10.8 Å². The topological polar surface area (TPSA) is 59.5 Å². The number of benzene rings is 1. The Labute approximate surface area is 191 Å². The second kappa shape index (κ2) is 8.54. The predicted molar refractivity (Wildman–Crippen MR) is 128 cm³/mol. The smallest absolute Gasteiger partial charge is 0.230 e. The zero-order valence-corrected chi connectivity index (χ0v) is 19.6. The van der Waals surface area contributed by atoms with Gasteiger partial charge in [-0.3, -0.25) is 0 Å². The lowest BCUT2D eigenvalue weighted by Gasteiger charge is -2.51. The Morgan fingerprint density at radius 1 is 1.00 bits per heavy atom. The minimum atomic E-state index is 0.249. The molecule has 2 bridgehead atoms. The minimum Gasteiger partial charge on any atom is -0.477 e. The molecular formula is C26H36N4O2. The molecule has 1 aromatic carbocycles. The van der Waals surface area contributed by atoms with Crippen molar-refractivity contribution in [1.29, 1.82) is 0 Å². The first-order chi connectivity index (χ1) is 15.4. The number of rotatable bonds is 6. The third kappa shape index (κ3) is 4.70. The summed E-state index contributed by atoms with van der Waals surface area (Å²) in [6, 6.07) is 10.3. The van der Waals surface area contributed by atoms with E-state index in [9.17, 15) is 0 Å². The van der Waals surface area contributed by atoms with Crippen LogP contribution in [0.4, 0.5) is 17.3 Å². The maximum atomic E-state index is 6.18. The number of nitrogens with one attached hydrogen (secondary N) is 1. The Kier molecular flexibility index (Phi) is 5.74. The second-order valence-corrected chi connectivity index (χ2v) is 10.7. The summed E-state index contributed by atoms with van der Waals surface area (Å²) in [4.78, 5) is 11.4. The van der Waals surface area contributed by atoms with Crippen LogP contribution in [0.3, 0.4) is 0 Å². The summed E-state index contributed by atoms with van der Waals surface area (Å²) < 4.78 is 12.0.